The Kier molecular flexibility index (Phi) is 5.31. The first kappa shape index (κ1) is 15.9. The summed E-state index contributed by atoms with van der Waals surface area (Å²) in [4.78, 5) is 15.4. The number of carboxylic acids is 1. The van der Waals surface area contributed by atoms with Crippen LogP contribution in [0, 0.1) is 11.7 Å². The first-order valence-corrected chi connectivity index (χ1v) is 7.35. The van der Waals surface area contributed by atoms with Gasteiger partial charge in [0.05, 0.1) is 5.56 Å². The molecule has 1 heterocycles. The molecule has 0 bridgehead atoms. The van der Waals surface area contributed by atoms with Crippen molar-refractivity contribution >= 4 is 5.97 Å². The molecule has 0 radical (unpaired) electrons. The lowest BCUT2D eigenvalue weighted by atomic mass is 9.96. The minimum absolute atomic E-state index is 0.250. The van der Waals surface area contributed by atoms with E-state index in [-0.39, 0.29) is 5.56 Å². The molecule has 0 spiro atoms. The first-order chi connectivity index (χ1) is 9.97. The van der Waals surface area contributed by atoms with Gasteiger partial charge >= 0.3 is 5.97 Å². The summed E-state index contributed by atoms with van der Waals surface area (Å²) < 4.78 is 14.1. The van der Waals surface area contributed by atoms with E-state index in [1.807, 2.05) is 7.05 Å². The molecule has 1 aromatic carbocycles. The highest BCUT2D eigenvalue weighted by Crippen LogP contribution is 2.19. The van der Waals surface area contributed by atoms with Gasteiger partial charge in [0.2, 0.25) is 0 Å². The minimum atomic E-state index is -1.22. The van der Waals surface area contributed by atoms with E-state index in [9.17, 15) is 9.18 Å². The molecule has 21 heavy (non-hydrogen) atoms. The highest BCUT2D eigenvalue weighted by molar-refractivity contribution is 5.88. The van der Waals surface area contributed by atoms with E-state index >= 15 is 0 Å². The van der Waals surface area contributed by atoms with E-state index in [1.165, 1.54) is 18.9 Å². The van der Waals surface area contributed by atoms with Gasteiger partial charge < -0.3 is 14.9 Å². The molecule has 0 aliphatic carbocycles. The van der Waals surface area contributed by atoms with Crippen LogP contribution >= 0.6 is 0 Å². The lowest BCUT2D eigenvalue weighted by Gasteiger charge is -2.31. The summed E-state index contributed by atoms with van der Waals surface area (Å²) in [6.07, 6.45) is 2.33. The number of nitrogens with zero attached hydrogens (tertiary/aromatic N) is 2. The Morgan fingerprint density at radius 3 is 2.71 bits per heavy atom. The number of likely N-dealkylation sites (tertiary alicyclic amines) is 1. The van der Waals surface area contributed by atoms with Gasteiger partial charge in [-0.15, -0.1) is 0 Å². The molecule has 5 heteroatoms. The molecule has 4 nitrogen and oxygen atoms in total. The minimum Gasteiger partial charge on any atom is -0.478 e. The van der Waals surface area contributed by atoms with Gasteiger partial charge in [-0.05, 0) is 52.0 Å². The van der Waals surface area contributed by atoms with Crippen LogP contribution in [0.15, 0.2) is 18.2 Å². The van der Waals surface area contributed by atoms with Crippen molar-refractivity contribution in [3.63, 3.8) is 0 Å². The van der Waals surface area contributed by atoms with Crippen LogP contribution in [-0.4, -0.2) is 54.6 Å². The summed E-state index contributed by atoms with van der Waals surface area (Å²) in [7, 11) is 4.10. The van der Waals surface area contributed by atoms with Gasteiger partial charge in [-0.1, -0.05) is 12.1 Å². The Morgan fingerprint density at radius 1 is 1.43 bits per heavy atom. The molecular weight excluding hydrogens is 271 g/mol. The molecule has 116 valence electrons. The van der Waals surface area contributed by atoms with E-state index in [2.05, 4.69) is 16.8 Å². The Balaban J connectivity index is 1.95. The van der Waals surface area contributed by atoms with Crippen molar-refractivity contribution in [2.75, 3.05) is 33.7 Å². The zero-order valence-electron chi connectivity index (χ0n) is 12.7. The molecule has 1 aliphatic rings. The highest BCUT2D eigenvalue weighted by Gasteiger charge is 2.19. The zero-order valence-corrected chi connectivity index (χ0v) is 12.7. The first-order valence-electron chi connectivity index (χ1n) is 7.35. The second-order valence-electron chi connectivity index (χ2n) is 6.03. The Bertz CT molecular complexity index is 499. The number of benzene rings is 1. The number of halogens is 1. The molecule has 1 aromatic rings. The number of aromatic carboxylic acids is 1. The number of hydrogen-bond donors (Lipinski definition) is 1. The molecule has 0 amide bonds. The van der Waals surface area contributed by atoms with Gasteiger partial charge in [0.15, 0.2) is 0 Å². The third-order valence-electron chi connectivity index (χ3n) is 4.16. The normalized spacial score (nSPS) is 17.3. The second kappa shape index (κ2) is 7.00. The maximum absolute atomic E-state index is 14.1. The van der Waals surface area contributed by atoms with E-state index < -0.39 is 11.8 Å². The Labute approximate surface area is 125 Å². The van der Waals surface area contributed by atoms with Crippen molar-refractivity contribution < 1.29 is 14.3 Å². The lowest BCUT2D eigenvalue weighted by molar-refractivity contribution is 0.0691. The van der Waals surface area contributed by atoms with Crippen LogP contribution in [0.2, 0.25) is 0 Å². The molecule has 0 atom stereocenters. The number of rotatable bonds is 5. The van der Waals surface area contributed by atoms with Gasteiger partial charge in [-0.25, -0.2) is 9.18 Å². The monoisotopic (exact) mass is 294 g/mol. The summed E-state index contributed by atoms with van der Waals surface area (Å²) in [6.45, 7) is 3.59. The summed E-state index contributed by atoms with van der Waals surface area (Å²) in [5, 5.41) is 8.95. The van der Waals surface area contributed by atoms with Gasteiger partial charge in [0, 0.05) is 18.7 Å². The number of carbonyl (C=O) groups is 1. The summed E-state index contributed by atoms with van der Waals surface area (Å²) >= 11 is 0. The van der Waals surface area contributed by atoms with Crippen molar-refractivity contribution in [3.8, 4) is 0 Å². The fourth-order valence-corrected chi connectivity index (χ4v) is 2.91. The van der Waals surface area contributed by atoms with Crippen molar-refractivity contribution in [1.29, 1.82) is 0 Å². The Morgan fingerprint density at radius 2 is 2.10 bits per heavy atom. The largest absolute Gasteiger partial charge is 0.478 e. The van der Waals surface area contributed by atoms with E-state index in [0.717, 1.165) is 19.6 Å². The predicted molar refractivity (Wildman–Crippen MR) is 79.9 cm³/mol. The van der Waals surface area contributed by atoms with Crippen molar-refractivity contribution in [3.05, 3.63) is 35.1 Å². The van der Waals surface area contributed by atoms with E-state index in [0.29, 0.717) is 18.0 Å². The van der Waals surface area contributed by atoms with E-state index in [4.69, 9.17) is 5.11 Å². The SMILES string of the molecule is CN1CCC(CN(C)Cc2cccc(C(=O)O)c2F)CC1. The quantitative estimate of drug-likeness (QED) is 0.905. The van der Waals surface area contributed by atoms with Crippen LogP contribution in [-0.2, 0) is 6.54 Å². The van der Waals surface area contributed by atoms with Crippen LogP contribution in [0.3, 0.4) is 0 Å². The fraction of sp³-hybridized carbons (Fsp3) is 0.562. The lowest BCUT2D eigenvalue weighted by Crippen LogP contribution is -2.35. The van der Waals surface area contributed by atoms with Crippen LogP contribution in [0.1, 0.15) is 28.8 Å². The molecule has 0 unspecified atom stereocenters. The van der Waals surface area contributed by atoms with Crippen LogP contribution < -0.4 is 0 Å². The van der Waals surface area contributed by atoms with Gasteiger partial charge in [-0.2, -0.15) is 0 Å². The van der Waals surface area contributed by atoms with Crippen LogP contribution in [0.25, 0.3) is 0 Å². The summed E-state index contributed by atoms with van der Waals surface area (Å²) in [6, 6.07) is 4.57. The van der Waals surface area contributed by atoms with Gasteiger partial charge in [0.1, 0.15) is 5.82 Å². The fourth-order valence-electron chi connectivity index (χ4n) is 2.91. The molecular formula is C16H23FN2O2. The van der Waals surface area contributed by atoms with Gasteiger partial charge in [-0.3, -0.25) is 0 Å². The number of hydrogen-bond acceptors (Lipinski definition) is 3. The van der Waals surface area contributed by atoms with Crippen molar-refractivity contribution in [1.82, 2.24) is 9.80 Å². The maximum atomic E-state index is 14.1. The summed E-state index contributed by atoms with van der Waals surface area (Å²) in [5.41, 5.74) is 0.200. The average Bonchev–Trinajstić information content (AvgIpc) is 2.43. The maximum Gasteiger partial charge on any atom is 0.338 e. The molecule has 1 fully saturated rings. The predicted octanol–water partition coefficient (Wildman–Crippen LogP) is 2.30. The molecule has 1 aliphatic heterocycles. The molecule has 0 saturated carbocycles. The third-order valence-corrected chi connectivity index (χ3v) is 4.16. The van der Waals surface area contributed by atoms with Crippen molar-refractivity contribution in [2.45, 2.75) is 19.4 Å². The molecule has 2 rings (SSSR count). The number of piperidine rings is 1. The topological polar surface area (TPSA) is 43.8 Å². The highest BCUT2D eigenvalue weighted by atomic mass is 19.1. The molecule has 1 saturated heterocycles. The standard InChI is InChI=1S/C16H23FN2O2/c1-18-8-6-12(7-9-18)10-19(2)11-13-4-3-5-14(15(13)17)16(20)21/h3-5,12H,6-11H2,1-2H3,(H,20,21). The van der Waals surface area contributed by atoms with Gasteiger partial charge in [0.25, 0.3) is 0 Å². The average molecular weight is 294 g/mol. The van der Waals surface area contributed by atoms with Crippen LogP contribution in [0.5, 0.6) is 0 Å². The Hall–Kier alpha value is -1.46. The smallest absolute Gasteiger partial charge is 0.338 e. The number of carboxylic acid groups (broad SMARTS) is 1. The second-order valence-corrected chi connectivity index (χ2v) is 6.03. The van der Waals surface area contributed by atoms with Crippen molar-refractivity contribution in [2.24, 2.45) is 5.92 Å². The zero-order chi connectivity index (χ0) is 15.4. The summed E-state index contributed by atoms with van der Waals surface area (Å²) in [5.74, 6) is -1.19. The third kappa shape index (κ3) is 4.25. The molecule has 1 N–H and O–H groups in total. The van der Waals surface area contributed by atoms with E-state index in [1.54, 1.807) is 12.1 Å². The molecule has 0 aromatic heterocycles. The van der Waals surface area contributed by atoms with Crippen LogP contribution in [0.4, 0.5) is 4.39 Å².